The molecule has 0 N–H and O–H groups in total. The quantitative estimate of drug-likeness (QED) is 0.651. The first kappa shape index (κ1) is 11.4. The highest BCUT2D eigenvalue weighted by molar-refractivity contribution is 5.70. The summed E-state index contributed by atoms with van der Waals surface area (Å²) in [6, 6.07) is 15.3. The van der Waals surface area contributed by atoms with Crippen molar-refractivity contribution < 1.29 is 4.39 Å². The number of imidazole rings is 1. The summed E-state index contributed by atoms with van der Waals surface area (Å²) in [5.74, 6) is 0.748. The van der Waals surface area contributed by atoms with Crippen LogP contribution in [0.3, 0.4) is 0 Å². The number of halogens is 1. The van der Waals surface area contributed by atoms with Crippen molar-refractivity contribution in [2.75, 3.05) is 0 Å². The second kappa shape index (κ2) is 4.30. The maximum absolute atomic E-state index is 14.1. The Hall–Kier alpha value is -2.42. The van der Waals surface area contributed by atoms with Crippen LogP contribution in [0.2, 0.25) is 0 Å². The van der Waals surface area contributed by atoms with Gasteiger partial charge in [-0.15, -0.1) is 0 Å². The number of rotatable bonds is 1. The van der Waals surface area contributed by atoms with Crippen molar-refractivity contribution in [2.45, 2.75) is 13.0 Å². The molecule has 20 heavy (non-hydrogen) atoms. The first-order valence-electron chi connectivity index (χ1n) is 6.73. The first-order chi connectivity index (χ1) is 9.84. The topological polar surface area (TPSA) is 17.8 Å². The molecule has 2 aromatic carbocycles. The summed E-state index contributed by atoms with van der Waals surface area (Å²) in [7, 11) is 0. The molecule has 0 bridgehead atoms. The van der Waals surface area contributed by atoms with Crippen molar-refractivity contribution in [3.8, 4) is 22.6 Å². The van der Waals surface area contributed by atoms with E-state index >= 15 is 0 Å². The minimum atomic E-state index is -0.164. The molecular formula is C17H13FN2. The maximum Gasteiger partial charge on any atom is 0.140 e. The highest BCUT2D eigenvalue weighted by atomic mass is 19.1. The molecule has 98 valence electrons. The third-order valence-electron chi connectivity index (χ3n) is 3.85. The zero-order valence-corrected chi connectivity index (χ0v) is 10.9. The van der Waals surface area contributed by atoms with Crippen molar-refractivity contribution in [3.05, 3.63) is 66.1 Å². The average Bonchev–Trinajstić information content (AvgIpc) is 2.92. The molecule has 4 rings (SSSR count). The first-order valence-corrected chi connectivity index (χ1v) is 6.73. The summed E-state index contributed by atoms with van der Waals surface area (Å²) in [4.78, 5) is 4.50. The SMILES string of the molecule is Fc1cccc2c1-c1cnc(-c3ccccc3)n1CC2. The molecule has 1 aliphatic rings. The number of hydrogen-bond donors (Lipinski definition) is 0. The van der Waals surface area contributed by atoms with Gasteiger partial charge in [0, 0.05) is 17.7 Å². The van der Waals surface area contributed by atoms with Gasteiger partial charge >= 0.3 is 0 Å². The molecule has 2 heterocycles. The predicted molar refractivity (Wildman–Crippen MR) is 76.8 cm³/mol. The lowest BCUT2D eigenvalue weighted by Crippen LogP contribution is -2.12. The highest BCUT2D eigenvalue weighted by Crippen LogP contribution is 2.34. The van der Waals surface area contributed by atoms with Gasteiger partial charge in [0.05, 0.1) is 11.9 Å². The molecule has 0 spiro atoms. The van der Waals surface area contributed by atoms with Gasteiger partial charge in [0.1, 0.15) is 11.6 Å². The predicted octanol–water partition coefficient (Wildman–Crippen LogP) is 3.91. The van der Waals surface area contributed by atoms with E-state index in [0.717, 1.165) is 35.6 Å². The van der Waals surface area contributed by atoms with Gasteiger partial charge in [-0.1, -0.05) is 42.5 Å². The normalized spacial score (nSPS) is 12.8. The average molecular weight is 264 g/mol. The number of nitrogens with zero attached hydrogens (tertiary/aromatic N) is 2. The Morgan fingerprint density at radius 1 is 1.00 bits per heavy atom. The van der Waals surface area contributed by atoms with E-state index in [2.05, 4.69) is 9.55 Å². The third kappa shape index (κ3) is 1.59. The standard InChI is InChI=1S/C17H13FN2/c18-14-8-4-7-12-9-10-20-15(16(12)14)11-19-17(20)13-5-2-1-3-6-13/h1-8,11H,9-10H2. The van der Waals surface area contributed by atoms with Crippen molar-refractivity contribution in [1.29, 1.82) is 0 Å². The monoisotopic (exact) mass is 264 g/mol. The molecule has 0 atom stereocenters. The Bertz CT molecular complexity index is 775. The smallest absolute Gasteiger partial charge is 0.140 e. The molecule has 0 radical (unpaired) electrons. The summed E-state index contributed by atoms with van der Waals surface area (Å²) < 4.78 is 16.2. The second-order valence-corrected chi connectivity index (χ2v) is 5.01. The fraction of sp³-hybridized carbons (Fsp3) is 0.118. The van der Waals surface area contributed by atoms with E-state index in [0.29, 0.717) is 5.56 Å². The van der Waals surface area contributed by atoms with Gasteiger partial charge in [0.25, 0.3) is 0 Å². The summed E-state index contributed by atoms with van der Waals surface area (Å²) in [5.41, 5.74) is 3.71. The molecule has 2 nitrogen and oxygen atoms in total. The van der Waals surface area contributed by atoms with E-state index < -0.39 is 0 Å². The van der Waals surface area contributed by atoms with Crippen LogP contribution in [0.25, 0.3) is 22.6 Å². The van der Waals surface area contributed by atoms with E-state index in [1.807, 2.05) is 36.4 Å². The molecule has 0 aliphatic carbocycles. The molecule has 1 aliphatic heterocycles. The van der Waals surface area contributed by atoms with Gasteiger partial charge in [-0.2, -0.15) is 0 Å². The van der Waals surface area contributed by atoms with Gasteiger partial charge in [-0.3, -0.25) is 0 Å². The van der Waals surface area contributed by atoms with Crippen LogP contribution in [0.15, 0.2) is 54.7 Å². The molecule has 0 saturated heterocycles. The lowest BCUT2D eigenvalue weighted by Gasteiger charge is -2.20. The summed E-state index contributed by atoms with van der Waals surface area (Å²) in [6.07, 6.45) is 2.62. The van der Waals surface area contributed by atoms with Crippen molar-refractivity contribution in [1.82, 2.24) is 9.55 Å². The fourth-order valence-electron chi connectivity index (χ4n) is 2.92. The number of aryl methyl sites for hydroxylation is 1. The Balaban J connectivity index is 1.93. The van der Waals surface area contributed by atoms with Crippen LogP contribution in [-0.2, 0) is 13.0 Å². The van der Waals surface area contributed by atoms with Crippen molar-refractivity contribution >= 4 is 0 Å². The van der Waals surface area contributed by atoms with Crippen LogP contribution >= 0.6 is 0 Å². The number of aromatic nitrogens is 2. The van der Waals surface area contributed by atoms with E-state index in [4.69, 9.17) is 0 Å². The molecule has 0 fully saturated rings. The van der Waals surface area contributed by atoms with Crippen LogP contribution in [0.1, 0.15) is 5.56 Å². The second-order valence-electron chi connectivity index (χ2n) is 5.01. The van der Waals surface area contributed by atoms with Crippen LogP contribution in [0.5, 0.6) is 0 Å². The Morgan fingerprint density at radius 3 is 2.70 bits per heavy atom. The molecule has 0 unspecified atom stereocenters. The molecular weight excluding hydrogens is 251 g/mol. The number of fused-ring (bicyclic) bond motifs is 3. The molecule has 3 aromatic rings. The minimum Gasteiger partial charge on any atom is -0.324 e. The van der Waals surface area contributed by atoms with Crippen LogP contribution in [0.4, 0.5) is 4.39 Å². The number of hydrogen-bond acceptors (Lipinski definition) is 1. The Kier molecular flexibility index (Phi) is 2.46. The zero-order chi connectivity index (χ0) is 13.5. The summed E-state index contributed by atoms with van der Waals surface area (Å²) in [6.45, 7) is 0.843. The minimum absolute atomic E-state index is 0.164. The number of benzene rings is 2. The lowest BCUT2D eigenvalue weighted by molar-refractivity contribution is 0.613. The largest absolute Gasteiger partial charge is 0.324 e. The summed E-state index contributed by atoms with van der Waals surface area (Å²) >= 11 is 0. The van der Waals surface area contributed by atoms with Gasteiger partial charge in [-0.05, 0) is 18.1 Å². The highest BCUT2D eigenvalue weighted by Gasteiger charge is 2.22. The van der Waals surface area contributed by atoms with Crippen LogP contribution in [-0.4, -0.2) is 9.55 Å². The van der Waals surface area contributed by atoms with Gasteiger partial charge in [-0.25, -0.2) is 9.37 Å². The van der Waals surface area contributed by atoms with E-state index in [1.165, 1.54) is 6.07 Å². The summed E-state index contributed by atoms with van der Waals surface area (Å²) in [5, 5.41) is 0. The van der Waals surface area contributed by atoms with Crippen molar-refractivity contribution in [2.24, 2.45) is 0 Å². The molecule has 1 aromatic heterocycles. The molecule has 0 amide bonds. The van der Waals surface area contributed by atoms with E-state index in [9.17, 15) is 4.39 Å². The van der Waals surface area contributed by atoms with Crippen molar-refractivity contribution in [3.63, 3.8) is 0 Å². The molecule has 0 saturated carbocycles. The van der Waals surface area contributed by atoms with E-state index in [1.54, 1.807) is 12.3 Å². The van der Waals surface area contributed by atoms with E-state index in [-0.39, 0.29) is 5.82 Å². The van der Waals surface area contributed by atoms with Gasteiger partial charge < -0.3 is 4.57 Å². The third-order valence-corrected chi connectivity index (χ3v) is 3.85. The van der Waals surface area contributed by atoms with Gasteiger partial charge in [0.15, 0.2) is 0 Å². The molecule has 3 heteroatoms. The lowest BCUT2D eigenvalue weighted by atomic mass is 9.98. The zero-order valence-electron chi connectivity index (χ0n) is 10.9. The fourth-order valence-corrected chi connectivity index (χ4v) is 2.92. The van der Waals surface area contributed by atoms with Gasteiger partial charge in [0.2, 0.25) is 0 Å². The maximum atomic E-state index is 14.1. The Morgan fingerprint density at radius 2 is 1.85 bits per heavy atom. The van der Waals surface area contributed by atoms with Crippen LogP contribution in [0, 0.1) is 5.82 Å². The Labute approximate surface area is 116 Å². The van der Waals surface area contributed by atoms with Crippen LogP contribution < -0.4 is 0 Å².